The van der Waals surface area contributed by atoms with Crippen molar-refractivity contribution in [2.75, 3.05) is 40.3 Å². The number of benzene rings is 1. The summed E-state index contributed by atoms with van der Waals surface area (Å²) in [6.07, 6.45) is 4.35. The van der Waals surface area contributed by atoms with E-state index in [0.29, 0.717) is 37.7 Å². The van der Waals surface area contributed by atoms with Gasteiger partial charge in [-0.3, -0.25) is 19.2 Å². The van der Waals surface area contributed by atoms with Gasteiger partial charge in [-0.15, -0.1) is 5.10 Å². The van der Waals surface area contributed by atoms with Crippen molar-refractivity contribution in [3.63, 3.8) is 0 Å². The number of amides is 3. The maximum Gasteiger partial charge on any atom is 0.288 e. The number of nitrogens with one attached hydrogen (secondary N) is 2. The van der Waals surface area contributed by atoms with Gasteiger partial charge in [0.25, 0.3) is 17.7 Å². The van der Waals surface area contributed by atoms with Crippen LogP contribution >= 0.6 is 11.5 Å². The highest BCUT2D eigenvalue weighted by Crippen LogP contribution is 2.32. The Labute approximate surface area is 281 Å². The second-order valence-corrected chi connectivity index (χ2v) is 13.5. The first kappa shape index (κ1) is 35.0. The van der Waals surface area contributed by atoms with Crippen LogP contribution in [0.1, 0.15) is 76.7 Å². The molecule has 1 aliphatic heterocycles. The molecular formula is C32H41FN8O6S. The number of hydrogen-bond acceptors (Lipinski definition) is 12. The Morgan fingerprint density at radius 2 is 1.79 bits per heavy atom. The Balaban J connectivity index is 1.34. The van der Waals surface area contributed by atoms with Crippen LogP contribution in [0.2, 0.25) is 0 Å². The number of ether oxygens (including phenoxy) is 1. The number of methoxy groups -OCH3 is 1. The molecule has 5 rings (SSSR count). The van der Waals surface area contributed by atoms with E-state index in [9.17, 15) is 19.2 Å². The van der Waals surface area contributed by atoms with E-state index < -0.39 is 35.6 Å². The fourth-order valence-electron chi connectivity index (χ4n) is 6.33. The molecule has 14 nitrogen and oxygen atoms in total. The van der Waals surface area contributed by atoms with Gasteiger partial charge in [0.15, 0.2) is 5.78 Å². The molecule has 1 aromatic carbocycles. The molecule has 48 heavy (non-hydrogen) atoms. The number of carbonyl (C=O) groups excluding carboxylic acids is 4. The van der Waals surface area contributed by atoms with Crippen LogP contribution in [0.5, 0.6) is 5.88 Å². The number of likely N-dealkylation sites (N-methyl/N-ethyl adjacent to an activating group) is 1. The van der Waals surface area contributed by atoms with Gasteiger partial charge in [-0.05, 0) is 70.8 Å². The predicted octanol–water partition coefficient (Wildman–Crippen LogP) is 2.48. The molecule has 1 saturated heterocycles. The van der Waals surface area contributed by atoms with Gasteiger partial charge in [0.2, 0.25) is 11.6 Å². The molecule has 2 fully saturated rings. The van der Waals surface area contributed by atoms with Crippen LogP contribution in [0, 0.1) is 17.7 Å². The van der Waals surface area contributed by atoms with E-state index in [1.54, 1.807) is 17.9 Å². The Bertz CT molecular complexity index is 1590. The minimum atomic E-state index is -0.980. The van der Waals surface area contributed by atoms with Crippen molar-refractivity contribution >= 4 is 35.0 Å². The molecule has 3 heterocycles. The molecular weight excluding hydrogens is 643 g/mol. The maximum absolute atomic E-state index is 15.8. The number of ketones is 1. The van der Waals surface area contributed by atoms with Crippen molar-refractivity contribution in [1.29, 1.82) is 0 Å². The first-order chi connectivity index (χ1) is 23.0. The third-order valence-electron chi connectivity index (χ3n) is 9.45. The first-order valence-electron chi connectivity index (χ1n) is 16.1. The molecule has 3 aromatic rings. The largest absolute Gasteiger partial charge is 0.477 e. The van der Waals surface area contributed by atoms with Gasteiger partial charge >= 0.3 is 0 Å². The standard InChI is InChI=1S/C32H41FN8O6S/c1-18-5-7-20(8-6-18)27(36-30(44)28-31(46-4)38-47-37-28)24(42)16-22-10-9-21(15-23(22)33)19(2)26(35-29(43)25-17-34-39-48-25)32(45)41-13-11-40(3)12-14-41/h9-10,15,17-20,26-27H,5-8,11-14,16H2,1-4H3,(H,35,43)(H,36,44)/t18?,19-,20?,26+,27-/m0/s1. The molecule has 258 valence electrons. The second-order valence-electron chi connectivity index (χ2n) is 12.7. The smallest absolute Gasteiger partial charge is 0.288 e. The Morgan fingerprint density at radius 1 is 1.06 bits per heavy atom. The summed E-state index contributed by atoms with van der Waals surface area (Å²) in [5.41, 5.74) is 0.459. The molecule has 2 N–H and O–H groups in total. The Kier molecular flexibility index (Phi) is 11.5. The van der Waals surface area contributed by atoms with Crippen LogP contribution in [0.25, 0.3) is 0 Å². The lowest BCUT2D eigenvalue weighted by molar-refractivity contribution is -0.135. The van der Waals surface area contributed by atoms with Crippen molar-refractivity contribution in [3.05, 3.63) is 51.9 Å². The molecule has 2 aromatic heterocycles. The fraction of sp³-hybridized carbons (Fsp3) is 0.562. The molecule has 1 aliphatic carbocycles. The molecule has 0 unspecified atom stereocenters. The van der Waals surface area contributed by atoms with Crippen LogP contribution in [0.3, 0.4) is 0 Å². The van der Waals surface area contributed by atoms with E-state index in [0.717, 1.165) is 37.2 Å². The number of aromatic nitrogens is 4. The van der Waals surface area contributed by atoms with Gasteiger partial charge in [0, 0.05) is 38.5 Å². The average molecular weight is 685 g/mol. The first-order valence-corrected chi connectivity index (χ1v) is 16.9. The average Bonchev–Trinajstić information content (AvgIpc) is 3.80. The van der Waals surface area contributed by atoms with Crippen LogP contribution in [0.4, 0.5) is 4.39 Å². The Morgan fingerprint density at radius 3 is 2.44 bits per heavy atom. The van der Waals surface area contributed by atoms with Crippen molar-refractivity contribution in [2.45, 2.75) is 64.0 Å². The van der Waals surface area contributed by atoms with Gasteiger partial charge in [-0.2, -0.15) is 0 Å². The Hall–Kier alpha value is -4.31. The van der Waals surface area contributed by atoms with Crippen molar-refractivity contribution in [3.8, 4) is 5.88 Å². The summed E-state index contributed by atoms with van der Waals surface area (Å²) in [5.74, 6) is -2.72. The highest BCUT2D eigenvalue weighted by Gasteiger charge is 2.36. The third kappa shape index (κ3) is 8.21. The molecule has 1 saturated carbocycles. The van der Waals surface area contributed by atoms with Crippen molar-refractivity contribution in [1.82, 2.24) is 40.3 Å². The van der Waals surface area contributed by atoms with Crippen LogP contribution in [-0.4, -0.2) is 106 Å². The van der Waals surface area contributed by atoms with Gasteiger partial charge < -0.3 is 25.2 Å². The lowest BCUT2D eigenvalue weighted by Crippen LogP contribution is -2.55. The summed E-state index contributed by atoms with van der Waals surface area (Å²) >= 11 is 0.915. The molecule has 0 radical (unpaired) electrons. The summed E-state index contributed by atoms with van der Waals surface area (Å²) in [7, 11) is 3.30. The number of hydrogen-bond donors (Lipinski definition) is 2. The quantitative estimate of drug-likeness (QED) is 0.287. The van der Waals surface area contributed by atoms with Crippen molar-refractivity contribution < 1.29 is 32.9 Å². The summed E-state index contributed by atoms with van der Waals surface area (Å²) in [4.78, 5) is 57.7. The monoisotopic (exact) mass is 684 g/mol. The van der Waals surface area contributed by atoms with E-state index in [2.05, 4.69) is 47.0 Å². The topological polar surface area (TPSA) is 173 Å². The number of Topliss-reactive ketones (excluding diaryl/α,β-unsaturated/α-hetero) is 1. The molecule has 0 bridgehead atoms. The predicted molar refractivity (Wildman–Crippen MR) is 172 cm³/mol. The lowest BCUT2D eigenvalue weighted by Gasteiger charge is -2.36. The highest BCUT2D eigenvalue weighted by atomic mass is 32.1. The summed E-state index contributed by atoms with van der Waals surface area (Å²) < 4.78 is 29.2. The molecule has 3 atom stereocenters. The summed E-state index contributed by atoms with van der Waals surface area (Å²) in [6.45, 7) is 6.31. The van der Waals surface area contributed by atoms with Crippen LogP contribution in [-0.2, 0) is 16.0 Å². The molecule has 2 aliphatic rings. The van der Waals surface area contributed by atoms with Crippen molar-refractivity contribution in [2.24, 2.45) is 11.8 Å². The van der Waals surface area contributed by atoms with Gasteiger partial charge in [-0.1, -0.05) is 43.3 Å². The van der Waals surface area contributed by atoms with Gasteiger partial charge in [0.1, 0.15) is 16.7 Å². The molecule has 16 heteroatoms. The number of nitrogens with zero attached hydrogens (tertiary/aromatic N) is 6. The number of halogens is 1. The number of piperazine rings is 1. The zero-order valence-corrected chi connectivity index (χ0v) is 28.3. The lowest BCUT2D eigenvalue weighted by atomic mass is 9.77. The van der Waals surface area contributed by atoms with E-state index in [4.69, 9.17) is 4.74 Å². The van der Waals surface area contributed by atoms with Gasteiger partial charge in [-0.25, -0.2) is 9.02 Å². The van der Waals surface area contributed by atoms with Crippen LogP contribution < -0.4 is 15.4 Å². The van der Waals surface area contributed by atoms with E-state index in [1.165, 1.54) is 25.4 Å². The number of carbonyl (C=O) groups is 4. The van der Waals surface area contributed by atoms with Gasteiger partial charge in [0.05, 0.1) is 19.3 Å². The second kappa shape index (κ2) is 15.7. The zero-order chi connectivity index (χ0) is 34.4. The SMILES string of the molecule is COc1nonc1C(=O)N[C@H](C(=O)Cc1ccc([C@H](C)[C@@H](NC(=O)c2cnns2)C(=O)N2CCN(C)CC2)cc1F)C1CCC(C)CC1. The normalized spacial score (nSPS) is 20.4. The van der Waals surface area contributed by atoms with E-state index in [-0.39, 0.29) is 46.0 Å². The van der Waals surface area contributed by atoms with Crippen LogP contribution in [0.15, 0.2) is 29.0 Å². The minimum absolute atomic E-state index is 0.101. The number of rotatable bonds is 12. The molecule has 0 spiro atoms. The maximum atomic E-state index is 15.8. The summed E-state index contributed by atoms with van der Waals surface area (Å²) in [6, 6.07) is 2.64. The minimum Gasteiger partial charge on any atom is -0.477 e. The molecule has 3 amide bonds. The highest BCUT2D eigenvalue weighted by molar-refractivity contribution is 7.07. The van der Waals surface area contributed by atoms with E-state index in [1.807, 2.05) is 7.05 Å². The zero-order valence-electron chi connectivity index (χ0n) is 27.5. The summed E-state index contributed by atoms with van der Waals surface area (Å²) in [5, 5.41) is 16.5. The third-order valence-corrected chi connectivity index (χ3v) is 10.1. The van der Waals surface area contributed by atoms with E-state index >= 15 is 4.39 Å². The fourth-order valence-corrected chi connectivity index (χ4v) is 6.75.